The van der Waals surface area contributed by atoms with Crippen molar-refractivity contribution in [3.05, 3.63) is 24.3 Å². The number of rotatable bonds is 0. The van der Waals surface area contributed by atoms with Gasteiger partial charge in [-0.15, -0.1) is 13.2 Å². The molecule has 3 fully saturated rings. The van der Waals surface area contributed by atoms with Crippen LogP contribution in [0.4, 0.5) is 0 Å². The molecule has 124 valence electrons. The van der Waals surface area contributed by atoms with Crippen molar-refractivity contribution in [1.82, 2.24) is 0 Å². The molecule has 0 heteroatoms. The maximum absolute atomic E-state index is 3.00. The molecule has 0 amide bonds. The predicted molar refractivity (Wildman–Crippen MR) is 96.7 cm³/mol. The Balaban J connectivity index is 0.000000693. The van der Waals surface area contributed by atoms with Crippen LogP contribution in [0.5, 0.6) is 0 Å². The molecular weight excluding hydrogens is 264 g/mol. The van der Waals surface area contributed by atoms with Gasteiger partial charge in [-0.3, -0.25) is 0 Å². The summed E-state index contributed by atoms with van der Waals surface area (Å²) >= 11 is 0. The molecular formula is C22H36. The zero-order valence-corrected chi connectivity index (χ0v) is 15.2. The average molecular weight is 301 g/mol. The third-order valence-corrected chi connectivity index (χ3v) is 8.14. The van der Waals surface area contributed by atoms with Gasteiger partial charge in [0.05, 0.1) is 0 Å². The quantitative estimate of drug-likeness (QED) is 0.433. The Bertz CT molecular complexity index is 445. The maximum atomic E-state index is 3.00. The fraction of sp³-hybridized carbons (Fsp3) is 0.818. The van der Waals surface area contributed by atoms with E-state index in [-0.39, 0.29) is 0 Å². The molecule has 6 unspecified atom stereocenters. The molecule has 0 spiro atoms. The molecule has 22 heavy (non-hydrogen) atoms. The van der Waals surface area contributed by atoms with Crippen molar-refractivity contribution in [2.45, 2.75) is 78.6 Å². The molecule has 4 aliphatic carbocycles. The molecule has 3 saturated carbocycles. The second-order valence-corrected chi connectivity index (χ2v) is 8.85. The van der Waals surface area contributed by atoms with Crippen LogP contribution in [0.3, 0.4) is 0 Å². The van der Waals surface area contributed by atoms with E-state index in [1.807, 2.05) is 5.57 Å². The summed E-state index contributed by atoms with van der Waals surface area (Å²) in [7, 11) is 0. The number of allylic oxidation sites excluding steroid dienone is 2. The minimum absolute atomic E-state index is 0.736. The molecule has 0 bridgehead atoms. The Labute approximate surface area is 138 Å². The lowest BCUT2D eigenvalue weighted by molar-refractivity contribution is -0.00299. The molecule has 0 aromatic heterocycles. The smallest absolute Gasteiger partial charge is 0.0169 e. The van der Waals surface area contributed by atoms with Gasteiger partial charge in [-0.2, -0.15) is 0 Å². The normalized spacial score (nSPS) is 47.0. The van der Waals surface area contributed by atoms with Crippen LogP contribution in [0.2, 0.25) is 0 Å². The van der Waals surface area contributed by atoms with E-state index < -0.39 is 0 Å². The van der Waals surface area contributed by atoms with Crippen LogP contribution < -0.4 is 0 Å². The highest BCUT2D eigenvalue weighted by Gasteiger charge is 2.52. The number of hydrogen-bond acceptors (Lipinski definition) is 0. The van der Waals surface area contributed by atoms with Gasteiger partial charge in [0.1, 0.15) is 0 Å². The predicted octanol–water partition coefficient (Wildman–Crippen LogP) is 6.78. The van der Waals surface area contributed by atoms with E-state index in [1.54, 1.807) is 18.4 Å². The number of hydrogen-bond donors (Lipinski definition) is 0. The van der Waals surface area contributed by atoms with Crippen LogP contribution in [0.15, 0.2) is 24.3 Å². The van der Waals surface area contributed by atoms with Gasteiger partial charge < -0.3 is 0 Å². The summed E-state index contributed by atoms with van der Waals surface area (Å²) in [6.07, 6.45) is 13.7. The van der Waals surface area contributed by atoms with Gasteiger partial charge in [0.2, 0.25) is 0 Å². The van der Waals surface area contributed by atoms with E-state index >= 15 is 0 Å². The molecule has 0 aliphatic heterocycles. The summed E-state index contributed by atoms with van der Waals surface area (Å²) in [4.78, 5) is 0. The number of fused-ring (bicyclic) bond motifs is 5. The third-order valence-electron chi connectivity index (χ3n) is 8.14. The van der Waals surface area contributed by atoms with Gasteiger partial charge in [0.25, 0.3) is 0 Å². The minimum Gasteiger partial charge on any atom is -0.106 e. The van der Waals surface area contributed by atoms with Gasteiger partial charge in [-0.25, -0.2) is 0 Å². The maximum Gasteiger partial charge on any atom is -0.0169 e. The summed E-state index contributed by atoms with van der Waals surface area (Å²) in [5.74, 6) is 5.11. The van der Waals surface area contributed by atoms with Crippen LogP contribution >= 0.6 is 0 Å². The van der Waals surface area contributed by atoms with E-state index in [0.717, 1.165) is 35.0 Å². The molecule has 0 heterocycles. The average Bonchev–Trinajstić information content (AvgIpc) is 2.94. The molecule has 0 aromatic rings. The molecule has 0 N–H and O–H groups in total. The van der Waals surface area contributed by atoms with Gasteiger partial charge in [0.15, 0.2) is 0 Å². The zero-order chi connectivity index (χ0) is 15.9. The van der Waals surface area contributed by atoms with Crippen molar-refractivity contribution < 1.29 is 0 Å². The molecule has 0 aromatic carbocycles. The fourth-order valence-corrected chi connectivity index (χ4v) is 6.83. The summed E-state index contributed by atoms with van der Waals surface area (Å²) in [6, 6.07) is 0. The zero-order valence-electron chi connectivity index (χ0n) is 15.2. The Morgan fingerprint density at radius 1 is 0.955 bits per heavy atom. The third kappa shape index (κ3) is 2.42. The van der Waals surface area contributed by atoms with Gasteiger partial charge in [-0.05, 0) is 93.3 Å². The monoisotopic (exact) mass is 300 g/mol. The van der Waals surface area contributed by atoms with Crippen molar-refractivity contribution >= 4 is 0 Å². The van der Waals surface area contributed by atoms with Crippen LogP contribution in [0, 0.1) is 35.0 Å². The summed E-state index contributed by atoms with van der Waals surface area (Å²) < 4.78 is 0. The van der Waals surface area contributed by atoms with Crippen LogP contribution in [0.25, 0.3) is 0 Å². The van der Waals surface area contributed by atoms with Gasteiger partial charge >= 0.3 is 0 Å². The van der Waals surface area contributed by atoms with Crippen molar-refractivity contribution in [3.8, 4) is 0 Å². The summed E-state index contributed by atoms with van der Waals surface area (Å²) in [5, 5.41) is 0. The van der Waals surface area contributed by atoms with Crippen molar-refractivity contribution in [2.75, 3.05) is 0 Å². The van der Waals surface area contributed by atoms with Gasteiger partial charge in [-0.1, -0.05) is 31.4 Å². The topological polar surface area (TPSA) is 0 Å². The molecule has 0 saturated heterocycles. The van der Waals surface area contributed by atoms with E-state index in [2.05, 4.69) is 33.9 Å². The lowest BCUT2D eigenvalue weighted by Gasteiger charge is -2.53. The first kappa shape index (κ1) is 16.3. The van der Waals surface area contributed by atoms with E-state index in [4.69, 9.17) is 0 Å². The molecule has 6 atom stereocenters. The Hall–Kier alpha value is -0.520. The lowest BCUT2D eigenvalue weighted by atomic mass is 9.51. The molecule has 4 aliphatic rings. The van der Waals surface area contributed by atoms with Crippen molar-refractivity contribution in [2.24, 2.45) is 35.0 Å². The van der Waals surface area contributed by atoms with Crippen LogP contribution in [0.1, 0.15) is 78.6 Å². The van der Waals surface area contributed by atoms with E-state index in [1.165, 1.54) is 44.9 Å². The summed E-state index contributed by atoms with van der Waals surface area (Å²) in [5.41, 5.74) is 4.45. The van der Waals surface area contributed by atoms with Crippen LogP contribution in [-0.4, -0.2) is 0 Å². The van der Waals surface area contributed by atoms with E-state index in [9.17, 15) is 0 Å². The highest BCUT2D eigenvalue weighted by atomic mass is 14.6. The fourth-order valence-electron chi connectivity index (χ4n) is 6.83. The standard InChI is InChI=1S/C20H32.C2H4/c1-13-6-7-16-15(14(13)2)8-9-18-17(16)10-12-20(3)11-4-5-19(18)20;1-2/h13,16-19H,4-12H2,1-3H3;1-2H2. The second kappa shape index (κ2) is 6.17. The first-order valence-electron chi connectivity index (χ1n) is 9.80. The largest absolute Gasteiger partial charge is 0.106 e. The first-order valence-corrected chi connectivity index (χ1v) is 9.80. The molecule has 4 rings (SSSR count). The van der Waals surface area contributed by atoms with E-state index in [0.29, 0.717) is 0 Å². The highest BCUT2D eigenvalue weighted by molar-refractivity contribution is 5.25. The molecule has 0 radical (unpaired) electrons. The lowest BCUT2D eigenvalue weighted by Crippen LogP contribution is -2.44. The second-order valence-electron chi connectivity index (χ2n) is 8.85. The Morgan fingerprint density at radius 3 is 2.50 bits per heavy atom. The SMILES string of the molecule is C=C.CC1=C2CCC3C(CCC4(C)CCCC34)C2CCC1C. The summed E-state index contributed by atoms with van der Waals surface area (Å²) in [6.45, 7) is 13.5. The Morgan fingerprint density at radius 2 is 1.73 bits per heavy atom. The Kier molecular flexibility index (Phi) is 4.59. The van der Waals surface area contributed by atoms with Crippen molar-refractivity contribution in [1.29, 1.82) is 0 Å². The van der Waals surface area contributed by atoms with Crippen molar-refractivity contribution in [3.63, 3.8) is 0 Å². The minimum atomic E-state index is 0.736. The van der Waals surface area contributed by atoms with Gasteiger partial charge in [0, 0.05) is 0 Å². The van der Waals surface area contributed by atoms with Crippen LogP contribution in [-0.2, 0) is 0 Å². The first-order chi connectivity index (χ1) is 10.6. The molecule has 0 nitrogen and oxygen atoms in total. The highest BCUT2D eigenvalue weighted by Crippen LogP contribution is 2.62.